The summed E-state index contributed by atoms with van der Waals surface area (Å²) in [5, 5.41) is 19.3. The number of nitrogens with zero attached hydrogens (tertiary/aromatic N) is 1. The summed E-state index contributed by atoms with van der Waals surface area (Å²) < 4.78 is 0.853. The van der Waals surface area contributed by atoms with E-state index in [2.05, 4.69) is 22.6 Å². The van der Waals surface area contributed by atoms with Gasteiger partial charge in [-0.25, -0.2) is 0 Å². The molecule has 0 saturated carbocycles. The molecular formula is C15H18INO4. The van der Waals surface area contributed by atoms with E-state index in [-0.39, 0.29) is 23.8 Å². The number of phenols is 1. The number of carbonyl (C=O) groups excluding carboxylic acids is 1. The molecule has 0 bridgehead atoms. The minimum absolute atomic E-state index is 0.0663. The number of phenolic OH excluding ortho intramolecular Hbond substituents is 1. The zero-order valence-corrected chi connectivity index (χ0v) is 14.0. The smallest absolute Gasteiger partial charge is 0.311 e. The standard InChI is InChI=1S/C15H18INO4/c1-2-15(14(20)21)6-3-7-17(9-15)13(19)11-8-10(16)4-5-12(11)18/h4-5,8,18H,2-3,6-7,9H2,1H3,(H,20,21). The number of likely N-dealkylation sites (tertiary alicyclic amines) is 1. The van der Waals surface area contributed by atoms with Crippen LogP contribution in [-0.2, 0) is 4.79 Å². The highest BCUT2D eigenvalue weighted by atomic mass is 127. The number of aromatic hydroxyl groups is 1. The molecule has 1 saturated heterocycles. The number of carboxylic acid groups (broad SMARTS) is 1. The van der Waals surface area contributed by atoms with E-state index in [0.29, 0.717) is 25.8 Å². The van der Waals surface area contributed by atoms with Crippen molar-refractivity contribution in [3.05, 3.63) is 27.3 Å². The predicted octanol–water partition coefficient (Wildman–Crippen LogP) is 2.71. The lowest BCUT2D eigenvalue weighted by molar-refractivity contribution is -0.152. The number of carboxylic acids is 1. The van der Waals surface area contributed by atoms with Gasteiger partial charge in [0.15, 0.2) is 0 Å². The van der Waals surface area contributed by atoms with Crippen LogP contribution in [-0.4, -0.2) is 40.1 Å². The summed E-state index contributed by atoms with van der Waals surface area (Å²) >= 11 is 2.08. The van der Waals surface area contributed by atoms with Gasteiger partial charge >= 0.3 is 5.97 Å². The van der Waals surface area contributed by atoms with Crippen molar-refractivity contribution in [1.82, 2.24) is 4.90 Å². The van der Waals surface area contributed by atoms with Crippen molar-refractivity contribution in [2.45, 2.75) is 26.2 Å². The van der Waals surface area contributed by atoms with E-state index < -0.39 is 11.4 Å². The molecule has 1 fully saturated rings. The Labute approximate surface area is 137 Å². The Bertz CT molecular complexity index is 575. The van der Waals surface area contributed by atoms with Crippen LogP contribution in [0.1, 0.15) is 36.5 Å². The minimum Gasteiger partial charge on any atom is -0.507 e. The predicted molar refractivity (Wildman–Crippen MR) is 86.3 cm³/mol. The van der Waals surface area contributed by atoms with E-state index in [1.165, 1.54) is 6.07 Å². The molecule has 6 heteroatoms. The van der Waals surface area contributed by atoms with E-state index in [1.54, 1.807) is 17.0 Å². The molecule has 114 valence electrons. The molecule has 1 aromatic carbocycles. The minimum atomic E-state index is -0.870. The van der Waals surface area contributed by atoms with Crippen molar-refractivity contribution >= 4 is 34.5 Å². The van der Waals surface area contributed by atoms with Gasteiger partial charge in [0.1, 0.15) is 5.75 Å². The van der Waals surface area contributed by atoms with Crippen molar-refractivity contribution in [3.8, 4) is 5.75 Å². The number of hydrogen-bond acceptors (Lipinski definition) is 3. The molecular weight excluding hydrogens is 385 g/mol. The first-order valence-corrected chi connectivity index (χ1v) is 7.99. The summed E-state index contributed by atoms with van der Waals surface area (Å²) in [6.45, 7) is 2.56. The average Bonchev–Trinajstić information content (AvgIpc) is 2.48. The molecule has 2 N–H and O–H groups in total. The van der Waals surface area contributed by atoms with Gasteiger partial charge in [0.2, 0.25) is 0 Å². The van der Waals surface area contributed by atoms with Gasteiger partial charge in [-0.1, -0.05) is 6.92 Å². The van der Waals surface area contributed by atoms with E-state index in [1.807, 2.05) is 6.92 Å². The maximum absolute atomic E-state index is 12.6. The number of rotatable bonds is 3. The van der Waals surface area contributed by atoms with Crippen LogP contribution in [0.3, 0.4) is 0 Å². The molecule has 0 aliphatic carbocycles. The fourth-order valence-electron chi connectivity index (χ4n) is 2.77. The van der Waals surface area contributed by atoms with Crippen LogP contribution in [0.25, 0.3) is 0 Å². The monoisotopic (exact) mass is 403 g/mol. The topological polar surface area (TPSA) is 77.8 Å². The van der Waals surface area contributed by atoms with Crippen LogP contribution < -0.4 is 0 Å². The van der Waals surface area contributed by atoms with E-state index in [4.69, 9.17) is 0 Å². The van der Waals surface area contributed by atoms with Crippen molar-refractivity contribution in [2.75, 3.05) is 13.1 Å². The van der Waals surface area contributed by atoms with Gasteiger partial charge < -0.3 is 15.1 Å². The highest BCUT2D eigenvalue weighted by Gasteiger charge is 2.42. The molecule has 5 nitrogen and oxygen atoms in total. The molecule has 1 amide bonds. The number of carbonyl (C=O) groups is 2. The Morgan fingerprint density at radius 3 is 2.76 bits per heavy atom. The number of amides is 1. The molecule has 1 unspecified atom stereocenters. The molecule has 21 heavy (non-hydrogen) atoms. The Kier molecular flexibility index (Phi) is 4.75. The lowest BCUT2D eigenvalue weighted by atomic mass is 9.77. The Morgan fingerprint density at radius 2 is 2.14 bits per heavy atom. The lowest BCUT2D eigenvalue weighted by Crippen LogP contribution is -2.49. The SMILES string of the molecule is CCC1(C(=O)O)CCCN(C(=O)c2cc(I)ccc2O)C1. The Hall–Kier alpha value is -1.31. The fraction of sp³-hybridized carbons (Fsp3) is 0.467. The van der Waals surface area contributed by atoms with Gasteiger partial charge in [0.05, 0.1) is 11.0 Å². The largest absolute Gasteiger partial charge is 0.507 e. The van der Waals surface area contributed by atoms with Crippen LogP contribution in [0, 0.1) is 8.99 Å². The summed E-state index contributed by atoms with van der Waals surface area (Å²) in [5.74, 6) is -1.22. The second kappa shape index (κ2) is 6.21. The lowest BCUT2D eigenvalue weighted by Gasteiger charge is -2.39. The van der Waals surface area contributed by atoms with Crippen LogP contribution in [0.15, 0.2) is 18.2 Å². The molecule has 1 aliphatic heterocycles. The average molecular weight is 403 g/mol. The van der Waals surface area contributed by atoms with Crippen molar-refractivity contribution in [3.63, 3.8) is 0 Å². The third kappa shape index (κ3) is 3.14. The number of piperidine rings is 1. The highest BCUT2D eigenvalue weighted by Crippen LogP contribution is 2.35. The number of halogens is 1. The molecule has 1 aromatic rings. The first kappa shape index (κ1) is 16.1. The Morgan fingerprint density at radius 1 is 1.43 bits per heavy atom. The van der Waals surface area contributed by atoms with Gasteiger partial charge in [0, 0.05) is 16.7 Å². The van der Waals surface area contributed by atoms with E-state index in [0.717, 1.165) is 3.57 Å². The van der Waals surface area contributed by atoms with Crippen LogP contribution in [0.2, 0.25) is 0 Å². The molecule has 0 aromatic heterocycles. The summed E-state index contributed by atoms with van der Waals surface area (Å²) in [6.07, 6.45) is 1.74. The maximum Gasteiger partial charge on any atom is 0.311 e. The molecule has 0 spiro atoms. The first-order chi connectivity index (χ1) is 9.89. The van der Waals surface area contributed by atoms with Gasteiger partial charge in [-0.2, -0.15) is 0 Å². The summed E-state index contributed by atoms with van der Waals surface area (Å²) in [6, 6.07) is 4.83. The van der Waals surface area contributed by atoms with Crippen LogP contribution in [0.4, 0.5) is 0 Å². The number of aliphatic carboxylic acids is 1. The molecule has 2 rings (SSSR count). The second-order valence-corrected chi connectivity index (χ2v) is 6.68. The molecule has 0 radical (unpaired) electrons. The fourth-order valence-corrected chi connectivity index (χ4v) is 3.26. The van der Waals surface area contributed by atoms with Gasteiger partial charge in [-0.05, 0) is 60.1 Å². The van der Waals surface area contributed by atoms with Crippen LogP contribution >= 0.6 is 22.6 Å². The van der Waals surface area contributed by atoms with Gasteiger partial charge in [-0.3, -0.25) is 9.59 Å². The second-order valence-electron chi connectivity index (χ2n) is 5.43. The number of benzene rings is 1. The molecule has 1 heterocycles. The van der Waals surface area contributed by atoms with Crippen molar-refractivity contribution in [1.29, 1.82) is 0 Å². The van der Waals surface area contributed by atoms with Gasteiger partial charge in [-0.15, -0.1) is 0 Å². The zero-order valence-electron chi connectivity index (χ0n) is 11.8. The van der Waals surface area contributed by atoms with Crippen molar-refractivity contribution in [2.24, 2.45) is 5.41 Å². The van der Waals surface area contributed by atoms with E-state index >= 15 is 0 Å². The normalized spacial score (nSPS) is 22.1. The third-order valence-electron chi connectivity index (χ3n) is 4.18. The molecule has 1 atom stereocenters. The zero-order chi connectivity index (χ0) is 15.6. The first-order valence-electron chi connectivity index (χ1n) is 6.91. The summed E-state index contributed by atoms with van der Waals surface area (Å²) in [4.78, 5) is 25.7. The summed E-state index contributed by atoms with van der Waals surface area (Å²) in [5.41, 5.74) is -0.634. The summed E-state index contributed by atoms with van der Waals surface area (Å²) in [7, 11) is 0. The molecule has 1 aliphatic rings. The van der Waals surface area contributed by atoms with Crippen molar-refractivity contribution < 1.29 is 19.8 Å². The third-order valence-corrected chi connectivity index (χ3v) is 4.85. The quantitative estimate of drug-likeness (QED) is 0.761. The maximum atomic E-state index is 12.6. The Balaban J connectivity index is 2.27. The number of hydrogen-bond donors (Lipinski definition) is 2. The highest BCUT2D eigenvalue weighted by molar-refractivity contribution is 14.1. The van der Waals surface area contributed by atoms with Gasteiger partial charge in [0.25, 0.3) is 5.91 Å². The van der Waals surface area contributed by atoms with E-state index in [9.17, 15) is 19.8 Å². The van der Waals surface area contributed by atoms with Crippen LogP contribution in [0.5, 0.6) is 5.75 Å².